The zero-order chi connectivity index (χ0) is 14.4. The van der Waals surface area contributed by atoms with Crippen molar-refractivity contribution in [1.82, 2.24) is 0 Å². The number of rotatable bonds is 4. The summed E-state index contributed by atoms with van der Waals surface area (Å²) in [5.74, 6) is -0.510. The Morgan fingerprint density at radius 1 is 0.950 bits per heavy atom. The molecule has 0 spiro atoms. The molecule has 0 amide bonds. The maximum atomic E-state index is 11.6. The summed E-state index contributed by atoms with van der Waals surface area (Å²) in [7, 11) is 0. The van der Waals surface area contributed by atoms with Gasteiger partial charge in [-0.3, -0.25) is 4.79 Å². The van der Waals surface area contributed by atoms with E-state index in [1.165, 1.54) is 6.92 Å². The Bertz CT molecular complexity index is 647. The van der Waals surface area contributed by atoms with Gasteiger partial charge in [-0.2, -0.15) is 5.11 Å². The minimum Gasteiger partial charge on any atom is -0.505 e. The van der Waals surface area contributed by atoms with Crippen LogP contribution >= 0.6 is 0 Å². The number of azo groups is 1. The minimum absolute atomic E-state index is 0.0555. The third kappa shape index (κ3) is 3.38. The van der Waals surface area contributed by atoms with Gasteiger partial charge in [0.25, 0.3) is 0 Å². The van der Waals surface area contributed by atoms with E-state index in [4.69, 9.17) is 0 Å². The van der Waals surface area contributed by atoms with Crippen LogP contribution in [0.25, 0.3) is 5.76 Å². The van der Waals surface area contributed by atoms with Crippen LogP contribution < -0.4 is 0 Å². The highest BCUT2D eigenvalue weighted by Crippen LogP contribution is 2.20. The van der Waals surface area contributed by atoms with Crippen molar-refractivity contribution in [1.29, 1.82) is 0 Å². The lowest BCUT2D eigenvalue weighted by Crippen LogP contribution is -1.98. The molecule has 2 aromatic carbocycles. The first-order valence-corrected chi connectivity index (χ1v) is 6.15. The van der Waals surface area contributed by atoms with Gasteiger partial charge in [0, 0.05) is 12.5 Å². The lowest BCUT2D eigenvalue weighted by Gasteiger charge is -2.02. The molecular weight excluding hydrogens is 252 g/mol. The summed E-state index contributed by atoms with van der Waals surface area (Å²) < 4.78 is 0. The zero-order valence-electron chi connectivity index (χ0n) is 11.0. The number of hydrogen-bond donors (Lipinski definition) is 1. The van der Waals surface area contributed by atoms with Crippen LogP contribution in [-0.2, 0) is 4.79 Å². The number of ketones is 1. The number of Topliss-reactive ketones (excluding diaryl/α,β-unsaturated/α-hetero) is 1. The molecule has 0 unspecified atom stereocenters. The van der Waals surface area contributed by atoms with E-state index in [1.54, 1.807) is 36.4 Å². The number of allylic oxidation sites excluding steroid dienone is 1. The maximum Gasteiger partial charge on any atom is 0.183 e. The summed E-state index contributed by atoms with van der Waals surface area (Å²) in [6, 6.07) is 17.8. The van der Waals surface area contributed by atoms with Gasteiger partial charge in [0.15, 0.2) is 17.2 Å². The Kier molecular flexibility index (Phi) is 4.39. The standard InChI is InChI=1S/C16H14N2O2/c1-12(19)15(16(20)13-8-4-2-5-9-13)18-17-14-10-6-3-7-11-14/h2-11,20H,1H3/b16-15-,18-17?. The van der Waals surface area contributed by atoms with Gasteiger partial charge < -0.3 is 5.11 Å². The normalized spacial score (nSPS) is 12.2. The number of benzene rings is 2. The van der Waals surface area contributed by atoms with Crippen LogP contribution in [-0.4, -0.2) is 10.9 Å². The fraction of sp³-hybridized carbons (Fsp3) is 0.0625. The van der Waals surface area contributed by atoms with Crippen molar-refractivity contribution in [2.24, 2.45) is 10.2 Å². The number of carbonyl (C=O) groups excluding carboxylic acids is 1. The summed E-state index contributed by atoms with van der Waals surface area (Å²) in [6.45, 7) is 1.35. The Hall–Kier alpha value is -2.75. The van der Waals surface area contributed by atoms with Crippen molar-refractivity contribution in [3.63, 3.8) is 0 Å². The van der Waals surface area contributed by atoms with E-state index < -0.39 is 0 Å². The number of aliphatic hydroxyl groups is 1. The van der Waals surface area contributed by atoms with E-state index in [2.05, 4.69) is 10.2 Å². The Morgan fingerprint density at radius 3 is 2.05 bits per heavy atom. The van der Waals surface area contributed by atoms with Crippen molar-refractivity contribution >= 4 is 17.2 Å². The highest BCUT2D eigenvalue weighted by atomic mass is 16.3. The molecule has 4 nitrogen and oxygen atoms in total. The molecule has 0 radical (unpaired) electrons. The van der Waals surface area contributed by atoms with Gasteiger partial charge in [0.05, 0.1) is 5.69 Å². The van der Waals surface area contributed by atoms with Crippen LogP contribution in [0.1, 0.15) is 12.5 Å². The van der Waals surface area contributed by atoms with Crippen LogP contribution in [0.2, 0.25) is 0 Å². The van der Waals surface area contributed by atoms with Crippen LogP contribution in [0.4, 0.5) is 5.69 Å². The second-order valence-electron chi connectivity index (χ2n) is 4.15. The van der Waals surface area contributed by atoms with E-state index >= 15 is 0 Å². The highest BCUT2D eigenvalue weighted by Gasteiger charge is 2.12. The molecule has 0 aliphatic carbocycles. The van der Waals surface area contributed by atoms with Crippen molar-refractivity contribution in [3.8, 4) is 0 Å². The molecule has 1 N–H and O–H groups in total. The quantitative estimate of drug-likeness (QED) is 0.510. The second-order valence-corrected chi connectivity index (χ2v) is 4.15. The Labute approximate surface area is 117 Å². The van der Waals surface area contributed by atoms with Crippen molar-refractivity contribution in [2.45, 2.75) is 6.92 Å². The number of carbonyl (C=O) groups is 1. The molecule has 0 heterocycles. The fourth-order valence-electron chi connectivity index (χ4n) is 1.62. The van der Waals surface area contributed by atoms with Gasteiger partial charge in [0.1, 0.15) is 0 Å². The van der Waals surface area contributed by atoms with Crippen molar-refractivity contribution < 1.29 is 9.90 Å². The van der Waals surface area contributed by atoms with E-state index in [0.29, 0.717) is 11.3 Å². The largest absolute Gasteiger partial charge is 0.505 e. The zero-order valence-corrected chi connectivity index (χ0v) is 11.0. The average Bonchev–Trinajstić information content (AvgIpc) is 2.49. The molecule has 2 aromatic rings. The molecular formula is C16H14N2O2. The molecule has 100 valence electrons. The summed E-state index contributed by atoms with van der Waals surface area (Å²) in [5, 5.41) is 18.0. The fourth-order valence-corrected chi connectivity index (χ4v) is 1.62. The van der Waals surface area contributed by atoms with E-state index in [1.807, 2.05) is 24.3 Å². The predicted octanol–water partition coefficient (Wildman–Crippen LogP) is 4.29. The first kappa shape index (κ1) is 13.7. The lowest BCUT2D eigenvalue weighted by molar-refractivity contribution is -0.113. The number of hydrogen-bond acceptors (Lipinski definition) is 4. The predicted molar refractivity (Wildman–Crippen MR) is 77.6 cm³/mol. The van der Waals surface area contributed by atoms with Crippen LogP contribution in [0, 0.1) is 0 Å². The molecule has 0 aliphatic heterocycles. The van der Waals surface area contributed by atoms with Gasteiger partial charge >= 0.3 is 0 Å². The molecule has 0 saturated carbocycles. The van der Waals surface area contributed by atoms with Crippen molar-refractivity contribution in [3.05, 3.63) is 71.9 Å². The summed E-state index contributed by atoms with van der Waals surface area (Å²) in [5.41, 5.74) is 1.09. The van der Waals surface area contributed by atoms with E-state index in [-0.39, 0.29) is 17.2 Å². The number of aliphatic hydroxyl groups excluding tert-OH is 1. The van der Waals surface area contributed by atoms with Gasteiger partial charge in [-0.25, -0.2) is 0 Å². The molecule has 4 heteroatoms. The highest BCUT2D eigenvalue weighted by molar-refractivity contribution is 5.99. The molecule has 20 heavy (non-hydrogen) atoms. The second kappa shape index (κ2) is 6.43. The molecule has 0 bridgehead atoms. The lowest BCUT2D eigenvalue weighted by atomic mass is 10.1. The summed E-state index contributed by atoms with van der Waals surface area (Å²) in [4.78, 5) is 11.6. The topological polar surface area (TPSA) is 62.0 Å². The third-order valence-electron chi connectivity index (χ3n) is 2.63. The smallest absolute Gasteiger partial charge is 0.183 e. The molecule has 2 rings (SSSR count). The third-order valence-corrected chi connectivity index (χ3v) is 2.63. The SMILES string of the molecule is CC(=O)/C(N=Nc1ccccc1)=C(/O)c1ccccc1. The Morgan fingerprint density at radius 2 is 1.50 bits per heavy atom. The van der Waals surface area contributed by atoms with Gasteiger partial charge in [-0.1, -0.05) is 48.5 Å². The summed E-state index contributed by atoms with van der Waals surface area (Å²) in [6.07, 6.45) is 0. The maximum absolute atomic E-state index is 11.6. The van der Waals surface area contributed by atoms with Gasteiger partial charge in [0.2, 0.25) is 0 Å². The van der Waals surface area contributed by atoms with Crippen LogP contribution in [0.5, 0.6) is 0 Å². The molecule has 0 atom stereocenters. The molecule has 0 aromatic heterocycles. The van der Waals surface area contributed by atoms with Crippen LogP contribution in [0.3, 0.4) is 0 Å². The first-order chi connectivity index (χ1) is 9.68. The van der Waals surface area contributed by atoms with Gasteiger partial charge in [-0.05, 0) is 12.1 Å². The first-order valence-electron chi connectivity index (χ1n) is 6.15. The summed E-state index contributed by atoms with van der Waals surface area (Å²) >= 11 is 0. The van der Waals surface area contributed by atoms with Crippen molar-refractivity contribution in [2.75, 3.05) is 0 Å². The van der Waals surface area contributed by atoms with E-state index in [9.17, 15) is 9.90 Å². The molecule has 0 aliphatic rings. The molecule has 0 saturated heterocycles. The van der Waals surface area contributed by atoms with E-state index in [0.717, 1.165) is 0 Å². The monoisotopic (exact) mass is 266 g/mol. The Balaban J connectivity index is 2.37. The molecule has 0 fully saturated rings. The van der Waals surface area contributed by atoms with Crippen LogP contribution in [0.15, 0.2) is 76.6 Å². The average molecular weight is 266 g/mol. The minimum atomic E-state index is -0.342. The van der Waals surface area contributed by atoms with Gasteiger partial charge in [-0.15, -0.1) is 5.11 Å². The number of nitrogens with zero attached hydrogens (tertiary/aromatic N) is 2.